The van der Waals surface area contributed by atoms with Crippen molar-refractivity contribution >= 4 is 28.7 Å². The second kappa shape index (κ2) is 13.8. The summed E-state index contributed by atoms with van der Waals surface area (Å²) in [5, 5.41) is 13.4. The third-order valence-corrected chi connectivity index (χ3v) is 7.04. The minimum Gasteiger partial charge on any atom is -0.458 e. The van der Waals surface area contributed by atoms with Crippen LogP contribution in [0.4, 0.5) is 0 Å². The molecule has 1 aliphatic rings. The first-order valence-electron chi connectivity index (χ1n) is 13.9. The zero-order valence-electron chi connectivity index (χ0n) is 23.5. The van der Waals surface area contributed by atoms with Gasteiger partial charge < -0.3 is 31.0 Å². The molecule has 1 saturated heterocycles. The monoisotopic (exact) mass is 527 g/mol. The number of fused-ring (bicyclic) bond motifs is 1. The largest absolute Gasteiger partial charge is 0.458 e. The molecule has 0 radical (unpaired) electrons. The molecule has 5 N–H and O–H groups in total. The van der Waals surface area contributed by atoms with Gasteiger partial charge in [0.05, 0.1) is 5.92 Å². The Morgan fingerprint density at radius 1 is 1.13 bits per heavy atom. The Balaban J connectivity index is 1.85. The molecule has 2 heterocycles. The topological polar surface area (TPSA) is 124 Å². The molecule has 1 aromatic heterocycles. The summed E-state index contributed by atoms with van der Waals surface area (Å²) in [6, 6.07) is 6.24. The van der Waals surface area contributed by atoms with E-state index in [0.29, 0.717) is 13.0 Å². The normalized spacial score (nSPS) is 18.4. The van der Waals surface area contributed by atoms with Gasteiger partial charge in [0.1, 0.15) is 17.7 Å². The van der Waals surface area contributed by atoms with Crippen molar-refractivity contribution < 1.29 is 19.1 Å². The smallest absolute Gasteiger partial charge is 0.329 e. The lowest BCUT2D eigenvalue weighted by atomic mass is 9.90. The number of amides is 2. The molecule has 38 heavy (non-hydrogen) atoms. The molecule has 0 bridgehead atoms. The summed E-state index contributed by atoms with van der Waals surface area (Å²) in [4.78, 5) is 43.4. The minimum atomic E-state index is -0.856. The number of nitrogens with one attached hydrogen (secondary N) is 5. The highest BCUT2D eigenvalue weighted by molar-refractivity contribution is 5.93. The molecule has 1 aromatic carbocycles. The van der Waals surface area contributed by atoms with Gasteiger partial charge in [-0.1, -0.05) is 25.1 Å². The molecule has 3 unspecified atom stereocenters. The van der Waals surface area contributed by atoms with Crippen LogP contribution in [0, 0.1) is 5.92 Å². The Morgan fingerprint density at radius 3 is 2.58 bits per heavy atom. The van der Waals surface area contributed by atoms with Gasteiger partial charge in [-0.25, -0.2) is 4.79 Å². The van der Waals surface area contributed by atoms with E-state index in [0.717, 1.165) is 55.2 Å². The zero-order chi connectivity index (χ0) is 27.7. The Kier molecular flexibility index (Phi) is 10.7. The highest BCUT2D eigenvalue weighted by atomic mass is 16.6. The second-order valence-electron chi connectivity index (χ2n) is 11.3. The summed E-state index contributed by atoms with van der Waals surface area (Å²) in [6.45, 7) is 9.68. The van der Waals surface area contributed by atoms with Gasteiger partial charge in [-0.3, -0.25) is 9.59 Å². The summed E-state index contributed by atoms with van der Waals surface area (Å²) in [7, 11) is 1.88. The number of carbonyl (C=O) groups excluding carboxylic acids is 3. The third-order valence-electron chi connectivity index (χ3n) is 7.04. The number of aromatic amines is 1. The maximum atomic E-state index is 13.8. The Morgan fingerprint density at radius 2 is 1.89 bits per heavy atom. The second-order valence-corrected chi connectivity index (χ2v) is 11.3. The van der Waals surface area contributed by atoms with Crippen LogP contribution in [0.2, 0.25) is 0 Å². The predicted molar refractivity (Wildman–Crippen MR) is 150 cm³/mol. The number of esters is 1. The first-order chi connectivity index (χ1) is 18.1. The van der Waals surface area contributed by atoms with Gasteiger partial charge in [-0.05, 0) is 84.6 Å². The first kappa shape index (κ1) is 29.6. The van der Waals surface area contributed by atoms with Crippen LogP contribution in [-0.4, -0.2) is 67.1 Å². The van der Waals surface area contributed by atoms with Crippen molar-refractivity contribution in [3.8, 4) is 0 Å². The molecule has 0 aliphatic carbocycles. The molecule has 2 amide bonds. The van der Waals surface area contributed by atoms with Crippen LogP contribution in [0.5, 0.6) is 0 Å². The molecular formula is C29H45N5O4. The van der Waals surface area contributed by atoms with Crippen molar-refractivity contribution in [2.75, 3.05) is 26.7 Å². The van der Waals surface area contributed by atoms with Gasteiger partial charge >= 0.3 is 5.97 Å². The van der Waals surface area contributed by atoms with Crippen molar-refractivity contribution in [2.24, 2.45) is 5.92 Å². The number of piperidine rings is 1. The highest BCUT2D eigenvalue weighted by Crippen LogP contribution is 2.28. The van der Waals surface area contributed by atoms with E-state index in [4.69, 9.17) is 4.74 Å². The van der Waals surface area contributed by atoms with E-state index in [2.05, 4.69) is 26.3 Å². The fourth-order valence-electron chi connectivity index (χ4n) is 4.95. The number of hydrogen-bond donors (Lipinski definition) is 5. The van der Waals surface area contributed by atoms with Gasteiger partial charge in [0.15, 0.2) is 0 Å². The number of H-pyrrole nitrogens is 1. The Bertz CT molecular complexity index is 1070. The Hall–Kier alpha value is -2.91. The molecule has 2 aromatic rings. The van der Waals surface area contributed by atoms with Crippen molar-refractivity contribution in [1.82, 2.24) is 26.3 Å². The van der Waals surface area contributed by atoms with E-state index in [1.165, 1.54) is 0 Å². The fourth-order valence-corrected chi connectivity index (χ4v) is 4.95. The van der Waals surface area contributed by atoms with Crippen LogP contribution in [-0.2, 0) is 19.1 Å². The zero-order valence-corrected chi connectivity index (χ0v) is 23.5. The van der Waals surface area contributed by atoms with Gasteiger partial charge in [-0.2, -0.15) is 0 Å². The van der Waals surface area contributed by atoms with Crippen LogP contribution in [0.1, 0.15) is 71.3 Å². The average Bonchev–Trinajstić information content (AvgIpc) is 3.32. The number of aromatic nitrogens is 1. The number of ether oxygens (including phenoxy) is 1. The van der Waals surface area contributed by atoms with Gasteiger partial charge in [0, 0.05) is 29.6 Å². The summed E-state index contributed by atoms with van der Waals surface area (Å²) in [5.41, 5.74) is 1.22. The summed E-state index contributed by atoms with van der Waals surface area (Å²) in [5.74, 6) is -1.53. The number of rotatable bonds is 12. The lowest BCUT2D eigenvalue weighted by molar-refractivity contribution is -0.159. The van der Waals surface area contributed by atoms with Crippen molar-refractivity contribution in [3.05, 3.63) is 36.0 Å². The third kappa shape index (κ3) is 8.30. The highest BCUT2D eigenvalue weighted by Gasteiger charge is 2.35. The predicted octanol–water partition coefficient (Wildman–Crippen LogP) is 2.97. The molecule has 0 saturated carbocycles. The van der Waals surface area contributed by atoms with Crippen LogP contribution in [0.25, 0.3) is 10.9 Å². The van der Waals surface area contributed by atoms with Gasteiger partial charge in [-0.15, -0.1) is 0 Å². The summed E-state index contributed by atoms with van der Waals surface area (Å²) >= 11 is 0. The molecule has 0 spiro atoms. The van der Waals surface area contributed by atoms with Crippen LogP contribution >= 0.6 is 0 Å². The molecule has 1 fully saturated rings. The molecule has 9 nitrogen and oxygen atoms in total. The molecule has 4 atom stereocenters. The van der Waals surface area contributed by atoms with Gasteiger partial charge in [0.25, 0.3) is 0 Å². The van der Waals surface area contributed by atoms with Crippen LogP contribution < -0.4 is 21.3 Å². The van der Waals surface area contributed by atoms with Crippen LogP contribution in [0.15, 0.2) is 30.5 Å². The van der Waals surface area contributed by atoms with E-state index in [1.54, 1.807) is 0 Å². The molecule has 9 heteroatoms. The number of carbonyl (C=O) groups is 3. The minimum absolute atomic E-state index is 0.146. The van der Waals surface area contributed by atoms with E-state index >= 15 is 0 Å². The molecule has 1 aliphatic heterocycles. The van der Waals surface area contributed by atoms with Gasteiger partial charge in [0.2, 0.25) is 11.8 Å². The summed E-state index contributed by atoms with van der Waals surface area (Å²) < 4.78 is 5.63. The number of unbranched alkanes of at least 4 members (excludes halogenated alkanes) is 1. The van der Waals surface area contributed by atoms with E-state index < -0.39 is 23.7 Å². The maximum Gasteiger partial charge on any atom is 0.329 e. The van der Waals surface area contributed by atoms with Crippen molar-refractivity contribution in [1.29, 1.82) is 0 Å². The van der Waals surface area contributed by atoms with E-state index in [-0.39, 0.29) is 23.7 Å². The van der Waals surface area contributed by atoms with Crippen molar-refractivity contribution in [2.45, 2.75) is 83.4 Å². The van der Waals surface area contributed by atoms with Crippen molar-refractivity contribution in [3.63, 3.8) is 0 Å². The fraction of sp³-hybridized carbons (Fsp3) is 0.621. The van der Waals surface area contributed by atoms with E-state index in [9.17, 15) is 14.4 Å². The number of benzene rings is 1. The summed E-state index contributed by atoms with van der Waals surface area (Å²) in [6.07, 6.45) is 5.66. The van der Waals surface area contributed by atoms with E-state index in [1.807, 2.05) is 65.2 Å². The number of para-hydroxylation sites is 1. The molecule has 3 rings (SSSR count). The lowest BCUT2D eigenvalue weighted by Crippen LogP contribution is -2.56. The first-order valence-corrected chi connectivity index (χ1v) is 13.9. The molecular weight excluding hydrogens is 482 g/mol. The number of hydrogen-bond acceptors (Lipinski definition) is 6. The maximum absolute atomic E-state index is 13.8. The average molecular weight is 528 g/mol. The van der Waals surface area contributed by atoms with Crippen LogP contribution in [0.3, 0.4) is 0 Å². The standard InChI is InChI=1S/C29H45N5O4/c1-19(22-18-32-23-13-7-6-12-21(22)23)25(34-26(35)20-11-10-16-31-17-20)27(36)33-24(14-8-9-15-30-5)28(37)38-29(2,3)4/h6-7,12-13,18-20,24-25,30-32H,8-11,14-17H2,1-5H3,(H,33,36)(H,34,35)/t19-,20?,24?,25?/m0/s1. The lowest BCUT2D eigenvalue weighted by Gasteiger charge is -2.30. The Labute approximate surface area is 226 Å². The SMILES string of the molecule is CNCCCCC(NC(=O)C(NC(=O)C1CCCNC1)[C@@H](C)c1c[nH]c2ccccc12)C(=O)OC(C)(C)C. The molecule has 210 valence electrons. The quantitative estimate of drug-likeness (QED) is 0.214.